The van der Waals surface area contributed by atoms with Gasteiger partial charge in [-0.3, -0.25) is 9.78 Å². The topological polar surface area (TPSA) is 90.9 Å². The van der Waals surface area contributed by atoms with E-state index in [2.05, 4.69) is 19.9 Å². The van der Waals surface area contributed by atoms with Crippen LogP contribution in [0.15, 0.2) is 61.2 Å². The molecule has 0 saturated heterocycles. The second-order valence-electron chi connectivity index (χ2n) is 7.37. The van der Waals surface area contributed by atoms with E-state index in [0.717, 1.165) is 22.8 Å². The van der Waals surface area contributed by atoms with E-state index in [1.807, 2.05) is 30.7 Å². The number of Topliss-reactive ketones (excluding diaryl/α,β-unsaturated/α-hetero) is 1. The Morgan fingerprint density at radius 1 is 1.06 bits per heavy atom. The molecule has 9 heteroatoms. The summed E-state index contributed by atoms with van der Waals surface area (Å²) >= 11 is 0. The van der Waals surface area contributed by atoms with Crippen LogP contribution in [-0.2, 0) is 13.5 Å². The minimum atomic E-state index is -0.301. The van der Waals surface area contributed by atoms with Gasteiger partial charge in [0.2, 0.25) is 0 Å². The van der Waals surface area contributed by atoms with Gasteiger partial charge in [-0.2, -0.15) is 5.10 Å². The summed E-state index contributed by atoms with van der Waals surface area (Å²) in [5.41, 5.74) is 4.52. The van der Waals surface area contributed by atoms with Gasteiger partial charge in [0.05, 0.1) is 35.9 Å². The molecule has 8 nitrogen and oxygen atoms in total. The highest BCUT2D eigenvalue weighted by atomic mass is 19.1. The molecule has 0 spiro atoms. The van der Waals surface area contributed by atoms with E-state index in [-0.39, 0.29) is 18.0 Å². The number of rotatable bonds is 5. The SMILES string of the molecule is Cc1nc(-c2ccc(F)cc2)c(-c2ccc3nc(CC(=O)c4cnccn4)cn3n2)n1C. The average molecular weight is 427 g/mol. The molecule has 4 heterocycles. The summed E-state index contributed by atoms with van der Waals surface area (Å²) in [6.45, 7) is 1.91. The number of carbonyl (C=O) groups excluding carboxylic acids is 1. The zero-order valence-electron chi connectivity index (χ0n) is 17.4. The van der Waals surface area contributed by atoms with Crippen LogP contribution in [0, 0.1) is 12.7 Å². The van der Waals surface area contributed by atoms with Crippen LogP contribution in [0.2, 0.25) is 0 Å². The monoisotopic (exact) mass is 427 g/mol. The first-order chi connectivity index (χ1) is 15.5. The van der Waals surface area contributed by atoms with Gasteiger partial charge in [-0.25, -0.2) is 23.9 Å². The number of carbonyl (C=O) groups is 1. The van der Waals surface area contributed by atoms with E-state index in [1.165, 1.54) is 30.7 Å². The summed E-state index contributed by atoms with van der Waals surface area (Å²) in [5.74, 6) is 0.342. The maximum absolute atomic E-state index is 13.4. The van der Waals surface area contributed by atoms with E-state index < -0.39 is 0 Å². The van der Waals surface area contributed by atoms with Crippen molar-refractivity contribution in [1.29, 1.82) is 0 Å². The molecular weight excluding hydrogens is 409 g/mol. The number of hydrogen-bond acceptors (Lipinski definition) is 6. The number of fused-ring (bicyclic) bond motifs is 1. The lowest BCUT2D eigenvalue weighted by atomic mass is 10.1. The third kappa shape index (κ3) is 3.53. The molecule has 0 aliphatic rings. The molecule has 0 aliphatic carbocycles. The minimum Gasteiger partial charge on any atom is -0.330 e. The first-order valence-electron chi connectivity index (χ1n) is 9.94. The van der Waals surface area contributed by atoms with Crippen molar-refractivity contribution >= 4 is 11.4 Å². The molecule has 0 amide bonds. The molecule has 0 bridgehead atoms. The summed E-state index contributed by atoms with van der Waals surface area (Å²) in [4.78, 5) is 29.6. The number of halogens is 1. The summed E-state index contributed by atoms with van der Waals surface area (Å²) in [6.07, 6.45) is 6.28. The Hall–Kier alpha value is -4.27. The second kappa shape index (κ2) is 7.77. The molecule has 0 N–H and O–H groups in total. The average Bonchev–Trinajstić information content (AvgIpc) is 3.34. The first kappa shape index (κ1) is 19.7. The zero-order chi connectivity index (χ0) is 22.2. The number of nitrogens with zero attached hydrogens (tertiary/aromatic N) is 7. The van der Waals surface area contributed by atoms with Crippen LogP contribution in [0.5, 0.6) is 0 Å². The van der Waals surface area contributed by atoms with Crippen LogP contribution in [0.1, 0.15) is 22.0 Å². The lowest BCUT2D eigenvalue weighted by molar-refractivity contribution is 0.0987. The number of benzene rings is 1. The quantitative estimate of drug-likeness (QED) is 0.399. The third-order valence-electron chi connectivity index (χ3n) is 5.24. The van der Waals surface area contributed by atoms with Crippen molar-refractivity contribution in [1.82, 2.24) is 34.1 Å². The fourth-order valence-corrected chi connectivity index (χ4v) is 3.55. The predicted octanol–water partition coefficient (Wildman–Crippen LogP) is 3.46. The van der Waals surface area contributed by atoms with E-state index >= 15 is 0 Å². The molecule has 32 heavy (non-hydrogen) atoms. The Balaban J connectivity index is 1.52. The van der Waals surface area contributed by atoms with E-state index in [1.54, 1.807) is 22.8 Å². The van der Waals surface area contributed by atoms with Gasteiger partial charge in [0.1, 0.15) is 23.0 Å². The maximum atomic E-state index is 13.4. The fourth-order valence-electron chi connectivity index (χ4n) is 3.55. The van der Waals surface area contributed by atoms with Crippen molar-refractivity contribution in [3.63, 3.8) is 0 Å². The molecule has 1 aromatic carbocycles. The van der Waals surface area contributed by atoms with E-state index in [4.69, 9.17) is 5.10 Å². The molecule has 4 aromatic heterocycles. The Morgan fingerprint density at radius 2 is 1.88 bits per heavy atom. The normalized spacial score (nSPS) is 11.2. The summed E-state index contributed by atoms with van der Waals surface area (Å²) in [6, 6.07) is 9.93. The highest BCUT2D eigenvalue weighted by Crippen LogP contribution is 2.31. The Morgan fingerprint density at radius 3 is 2.62 bits per heavy atom. The van der Waals surface area contributed by atoms with Crippen molar-refractivity contribution < 1.29 is 9.18 Å². The third-order valence-corrected chi connectivity index (χ3v) is 5.24. The van der Waals surface area contributed by atoms with Crippen molar-refractivity contribution in [2.24, 2.45) is 7.05 Å². The van der Waals surface area contributed by atoms with Gasteiger partial charge in [0.25, 0.3) is 0 Å². The van der Waals surface area contributed by atoms with Gasteiger partial charge < -0.3 is 4.57 Å². The van der Waals surface area contributed by atoms with Gasteiger partial charge >= 0.3 is 0 Å². The van der Waals surface area contributed by atoms with Crippen LogP contribution in [-0.4, -0.2) is 39.9 Å². The summed E-state index contributed by atoms with van der Waals surface area (Å²) in [7, 11) is 1.91. The summed E-state index contributed by atoms with van der Waals surface area (Å²) in [5, 5.41) is 4.70. The van der Waals surface area contributed by atoms with Gasteiger partial charge in [-0.05, 0) is 43.3 Å². The van der Waals surface area contributed by atoms with Crippen molar-refractivity contribution in [3.05, 3.63) is 84.2 Å². The number of ketones is 1. The Labute approximate surface area is 182 Å². The molecular formula is C23H18FN7O. The summed E-state index contributed by atoms with van der Waals surface area (Å²) < 4.78 is 17.0. The van der Waals surface area contributed by atoms with Crippen LogP contribution < -0.4 is 0 Å². The highest BCUT2D eigenvalue weighted by Gasteiger charge is 2.19. The van der Waals surface area contributed by atoms with E-state index in [0.29, 0.717) is 22.7 Å². The lowest BCUT2D eigenvalue weighted by Gasteiger charge is -2.07. The van der Waals surface area contributed by atoms with E-state index in [9.17, 15) is 9.18 Å². The zero-order valence-corrected chi connectivity index (χ0v) is 17.4. The molecule has 0 saturated carbocycles. The number of imidazole rings is 2. The molecule has 0 atom stereocenters. The van der Waals surface area contributed by atoms with Gasteiger partial charge in [-0.15, -0.1) is 0 Å². The molecule has 5 rings (SSSR count). The van der Waals surface area contributed by atoms with Crippen LogP contribution >= 0.6 is 0 Å². The maximum Gasteiger partial charge on any atom is 0.188 e. The molecule has 0 fully saturated rings. The molecule has 0 unspecified atom stereocenters. The Bertz CT molecular complexity index is 1440. The number of aromatic nitrogens is 7. The molecule has 0 radical (unpaired) electrons. The first-order valence-corrected chi connectivity index (χ1v) is 9.94. The standard InChI is InChI=1S/C23H18FN7O/c1-14-27-22(15-3-5-16(24)6-4-15)23(30(14)2)18-7-8-21-28-17(13-31(21)29-18)11-20(32)19-12-25-9-10-26-19/h3-10,12-13H,11H2,1-2H3. The number of hydrogen-bond donors (Lipinski definition) is 0. The fraction of sp³-hybridized carbons (Fsp3) is 0.130. The molecule has 5 aromatic rings. The van der Waals surface area contributed by atoms with Crippen LogP contribution in [0.4, 0.5) is 4.39 Å². The highest BCUT2D eigenvalue weighted by molar-refractivity contribution is 5.95. The van der Waals surface area contributed by atoms with Gasteiger partial charge in [0.15, 0.2) is 11.4 Å². The predicted molar refractivity (Wildman–Crippen MR) is 115 cm³/mol. The van der Waals surface area contributed by atoms with Gasteiger partial charge in [0, 0.05) is 25.0 Å². The van der Waals surface area contributed by atoms with Crippen molar-refractivity contribution in [3.8, 4) is 22.6 Å². The van der Waals surface area contributed by atoms with Crippen molar-refractivity contribution in [2.75, 3.05) is 0 Å². The molecule has 0 aliphatic heterocycles. The minimum absolute atomic E-state index is 0.100. The second-order valence-corrected chi connectivity index (χ2v) is 7.37. The van der Waals surface area contributed by atoms with Crippen LogP contribution in [0.3, 0.4) is 0 Å². The lowest BCUT2D eigenvalue weighted by Crippen LogP contribution is -2.06. The smallest absolute Gasteiger partial charge is 0.188 e. The van der Waals surface area contributed by atoms with Crippen LogP contribution in [0.25, 0.3) is 28.3 Å². The largest absolute Gasteiger partial charge is 0.330 e. The Kier molecular flexibility index (Phi) is 4.78. The number of aryl methyl sites for hydroxylation is 1. The van der Waals surface area contributed by atoms with Crippen molar-refractivity contribution in [2.45, 2.75) is 13.3 Å². The van der Waals surface area contributed by atoms with Gasteiger partial charge in [-0.1, -0.05) is 0 Å². The molecule has 158 valence electrons.